The van der Waals surface area contributed by atoms with Crippen molar-refractivity contribution in [2.24, 2.45) is 4.99 Å². The minimum Gasteiger partial charge on any atom is -0.342 e. The highest BCUT2D eigenvalue weighted by atomic mass is 35.5. The number of anilines is 1. The molecular weight excluding hydrogens is 366 g/mol. The van der Waals surface area contributed by atoms with E-state index in [0.717, 1.165) is 12.4 Å². The van der Waals surface area contributed by atoms with Crippen LogP contribution in [0.4, 0.5) is 5.69 Å². The topological polar surface area (TPSA) is 36.4 Å². The molecule has 1 heterocycles. The first-order chi connectivity index (χ1) is 13.2. The molecule has 0 radical (unpaired) electrons. The predicted octanol–water partition coefficient (Wildman–Crippen LogP) is 6.22. The molecule has 1 saturated carbocycles. The summed E-state index contributed by atoms with van der Waals surface area (Å²) in [7, 11) is 0. The average molecular weight is 398 g/mol. The number of hydrogen-bond donors (Lipinski definition) is 2. The fourth-order valence-corrected chi connectivity index (χ4v) is 4.18. The number of para-hydroxylation sites is 1. The van der Waals surface area contributed by atoms with Crippen LogP contribution in [0.15, 0.2) is 53.5 Å². The first-order valence-corrected chi connectivity index (χ1v) is 10.5. The molecule has 28 heavy (non-hydrogen) atoms. The van der Waals surface area contributed by atoms with E-state index in [1.165, 1.54) is 54.5 Å². The second-order valence-corrected chi connectivity index (χ2v) is 8.22. The van der Waals surface area contributed by atoms with Crippen molar-refractivity contribution in [2.75, 3.05) is 5.32 Å². The van der Waals surface area contributed by atoms with E-state index in [2.05, 4.69) is 73.0 Å². The summed E-state index contributed by atoms with van der Waals surface area (Å²) in [5, 5.41) is 7.43. The van der Waals surface area contributed by atoms with Gasteiger partial charge < -0.3 is 5.32 Å². The van der Waals surface area contributed by atoms with Crippen LogP contribution in [0.3, 0.4) is 0 Å². The van der Waals surface area contributed by atoms with E-state index < -0.39 is 0 Å². The quantitative estimate of drug-likeness (QED) is 0.644. The summed E-state index contributed by atoms with van der Waals surface area (Å²) in [5.74, 6) is 1.63. The average Bonchev–Trinajstić information content (AvgIpc) is 2.88. The lowest BCUT2D eigenvalue weighted by Crippen LogP contribution is -2.31. The number of amidine groups is 1. The smallest absolute Gasteiger partial charge is 0.123 e. The van der Waals surface area contributed by atoms with Crippen molar-refractivity contribution in [1.82, 2.24) is 5.32 Å². The van der Waals surface area contributed by atoms with Gasteiger partial charge in [-0.2, -0.15) is 0 Å². The molecule has 0 spiro atoms. The molecule has 2 aliphatic rings. The Morgan fingerprint density at radius 1 is 0.929 bits per heavy atom. The molecule has 1 atom stereocenters. The van der Waals surface area contributed by atoms with Crippen molar-refractivity contribution in [2.45, 2.75) is 70.5 Å². The molecular formula is C24H32ClN3. The molecule has 0 amide bonds. The molecule has 3 nitrogen and oxygen atoms in total. The molecule has 1 aliphatic heterocycles. The molecule has 1 aliphatic carbocycles. The van der Waals surface area contributed by atoms with Crippen LogP contribution in [0.25, 0.3) is 0 Å². The second kappa shape index (κ2) is 9.58. The first kappa shape index (κ1) is 20.9. The van der Waals surface area contributed by atoms with Gasteiger partial charge in [-0.15, -0.1) is 12.4 Å². The summed E-state index contributed by atoms with van der Waals surface area (Å²) >= 11 is 0. The van der Waals surface area contributed by atoms with E-state index in [1.54, 1.807) is 0 Å². The SMILES string of the molecule is CC(C)c1ccc(C2NCc3ccccc3NC2=NC2CCCCC2)cc1.Cl. The Labute approximate surface area is 175 Å². The highest BCUT2D eigenvalue weighted by molar-refractivity contribution is 6.01. The molecule has 150 valence electrons. The van der Waals surface area contributed by atoms with Gasteiger partial charge in [-0.05, 0) is 41.5 Å². The molecule has 2 aromatic carbocycles. The van der Waals surface area contributed by atoms with Crippen molar-refractivity contribution in [3.05, 3.63) is 65.2 Å². The lowest BCUT2D eigenvalue weighted by molar-refractivity contribution is 0.441. The zero-order chi connectivity index (χ0) is 18.6. The number of rotatable bonds is 3. The lowest BCUT2D eigenvalue weighted by atomic mass is 9.95. The summed E-state index contributed by atoms with van der Waals surface area (Å²) < 4.78 is 0. The Balaban J connectivity index is 0.00000225. The largest absolute Gasteiger partial charge is 0.342 e. The zero-order valence-electron chi connectivity index (χ0n) is 16.9. The molecule has 2 aromatic rings. The van der Waals surface area contributed by atoms with E-state index in [0.29, 0.717) is 12.0 Å². The third-order valence-corrected chi connectivity index (χ3v) is 5.88. The van der Waals surface area contributed by atoms with Crippen molar-refractivity contribution in [3.63, 3.8) is 0 Å². The number of nitrogens with one attached hydrogen (secondary N) is 2. The normalized spacial score (nSPS) is 21.5. The van der Waals surface area contributed by atoms with Gasteiger partial charge in [-0.1, -0.05) is 75.6 Å². The Hall–Kier alpha value is -1.84. The third-order valence-electron chi connectivity index (χ3n) is 5.88. The Kier molecular flexibility index (Phi) is 7.14. The monoisotopic (exact) mass is 397 g/mol. The molecule has 0 saturated heterocycles. The van der Waals surface area contributed by atoms with Crippen LogP contribution < -0.4 is 10.6 Å². The number of hydrogen-bond acceptors (Lipinski definition) is 2. The van der Waals surface area contributed by atoms with Crippen LogP contribution in [0.2, 0.25) is 0 Å². The zero-order valence-corrected chi connectivity index (χ0v) is 17.8. The van der Waals surface area contributed by atoms with E-state index in [1.807, 2.05) is 0 Å². The highest BCUT2D eigenvalue weighted by Gasteiger charge is 2.24. The Morgan fingerprint density at radius 2 is 1.64 bits per heavy atom. The Bertz CT molecular complexity index is 792. The molecule has 0 aromatic heterocycles. The molecule has 1 fully saturated rings. The van der Waals surface area contributed by atoms with Gasteiger partial charge in [-0.25, -0.2) is 0 Å². The summed E-state index contributed by atoms with van der Waals surface area (Å²) in [6.45, 7) is 5.34. The molecule has 4 rings (SSSR count). The maximum absolute atomic E-state index is 5.21. The van der Waals surface area contributed by atoms with E-state index in [9.17, 15) is 0 Å². The summed E-state index contributed by atoms with van der Waals surface area (Å²) in [6, 6.07) is 18.2. The standard InChI is InChI=1S/C24H31N3.ClH/c1-17(2)18-12-14-19(15-13-18)23-24(26-21-9-4-3-5-10-21)27-22-11-7-6-8-20(22)16-25-23;/h6-8,11-15,17,21,23,25H,3-5,9-10,16H2,1-2H3,(H,26,27);1H. The van der Waals surface area contributed by atoms with Gasteiger partial charge >= 0.3 is 0 Å². The fraction of sp³-hybridized carbons (Fsp3) is 0.458. The maximum atomic E-state index is 5.21. The van der Waals surface area contributed by atoms with Crippen LogP contribution in [0, 0.1) is 0 Å². The van der Waals surface area contributed by atoms with Crippen molar-refractivity contribution < 1.29 is 0 Å². The number of nitrogens with zero attached hydrogens (tertiary/aromatic N) is 1. The van der Waals surface area contributed by atoms with Gasteiger partial charge in [0.1, 0.15) is 5.84 Å². The van der Waals surface area contributed by atoms with Gasteiger partial charge in [-0.3, -0.25) is 10.3 Å². The third kappa shape index (κ3) is 4.76. The van der Waals surface area contributed by atoms with Gasteiger partial charge in [0.05, 0.1) is 12.1 Å². The van der Waals surface area contributed by atoms with E-state index >= 15 is 0 Å². The second-order valence-electron chi connectivity index (χ2n) is 8.22. The number of aliphatic imine (C=N–C) groups is 1. The maximum Gasteiger partial charge on any atom is 0.123 e. The van der Waals surface area contributed by atoms with Gasteiger partial charge in [0.15, 0.2) is 0 Å². The van der Waals surface area contributed by atoms with Crippen LogP contribution >= 0.6 is 12.4 Å². The Morgan fingerprint density at radius 3 is 2.36 bits per heavy atom. The number of benzene rings is 2. The number of halogens is 1. The molecule has 1 unspecified atom stereocenters. The van der Waals surface area contributed by atoms with Crippen LogP contribution in [-0.2, 0) is 6.54 Å². The summed E-state index contributed by atoms with van der Waals surface area (Å²) in [6.07, 6.45) is 6.39. The van der Waals surface area contributed by atoms with Gasteiger partial charge in [0.25, 0.3) is 0 Å². The number of fused-ring (bicyclic) bond motifs is 1. The molecule has 2 N–H and O–H groups in total. The first-order valence-electron chi connectivity index (χ1n) is 10.5. The van der Waals surface area contributed by atoms with Crippen molar-refractivity contribution in [1.29, 1.82) is 0 Å². The van der Waals surface area contributed by atoms with Gasteiger partial charge in [0, 0.05) is 12.2 Å². The van der Waals surface area contributed by atoms with Crippen molar-refractivity contribution >= 4 is 23.9 Å². The fourth-order valence-electron chi connectivity index (χ4n) is 4.18. The van der Waals surface area contributed by atoms with Crippen molar-refractivity contribution in [3.8, 4) is 0 Å². The summed E-state index contributed by atoms with van der Waals surface area (Å²) in [4.78, 5) is 5.21. The predicted molar refractivity (Wildman–Crippen MR) is 122 cm³/mol. The lowest BCUT2D eigenvalue weighted by Gasteiger charge is -2.24. The minimum atomic E-state index is 0. The van der Waals surface area contributed by atoms with Gasteiger partial charge in [0.2, 0.25) is 0 Å². The molecule has 0 bridgehead atoms. The van der Waals surface area contributed by atoms with Crippen LogP contribution in [0.1, 0.15) is 74.6 Å². The highest BCUT2D eigenvalue weighted by Crippen LogP contribution is 2.28. The van der Waals surface area contributed by atoms with Crippen LogP contribution in [0.5, 0.6) is 0 Å². The minimum absolute atomic E-state index is 0. The summed E-state index contributed by atoms with van der Waals surface area (Å²) in [5.41, 5.74) is 5.15. The van der Waals surface area contributed by atoms with E-state index in [4.69, 9.17) is 4.99 Å². The van der Waals surface area contributed by atoms with Crippen LogP contribution in [-0.4, -0.2) is 11.9 Å². The molecule has 4 heteroatoms. The van der Waals surface area contributed by atoms with E-state index in [-0.39, 0.29) is 18.4 Å².